The molecule has 24 heavy (non-hydrogen) atoms. The van der Waals surface area contributed by atoms with Crippen LogP contribution in [0.2, 0.25) is 10.0 Å². The number of furan rings is 1. The number of aryl methyl sites for hydroxylation is 1. The van der Waals surface area contributed by atoms with Crippen LogP contribution >= 0.6 is 23.2 Å². The minimum atomic E-state index is -0.355. The Kier molecular flexibility index (Phi) is 4.43. The second-order valence-electron chi connectivity index (χ2n) is 5.57. The number of fused-ring (bicyclic) bond motifs is 1. The third-order valence-electron chi connectivity index (χ3n) is 3.90. The number of carbonyl (C=O) groups excluding carboxylic acids is 1. The Morgan fingerprint density at radius 1 is 1.21 bits per heavy atom. The molecule has 124 valence electrons. The zero-order valence-electron chi connectivity index (χ0n) is 13.1. The third kappa shape index (κ3) is 2.95. The number of benzene rings is 2. The average molecular weight is 364 g/mol. The van der Waals surface area contributed by atoms with Gasteiger partial charge in [-0.05, 0) is 32.0 Å². The van der Waals surface area contributed by atoms with Crippen molar-refractivity contribution >= 4 is 40.1 Å². The van der Waals surface area contributed by atoms with Crippen molar-refractivity contribution in [1.29, 1.82) is 0 Å². The Morgan fingerprint density at radius 3 is 2.46 bits per heavy atom. The summed E-state index contributed by atoms with van der Waals surface area (Å²) in [7, 11) is 0. The zero-order valence-corrected chi connectivity index (χ0v) is 14.6. The van der Waals surface area contributed by atoms with Crippen LogP contribution in [0.15, 0.2) is 40.8 Å². The molecular weight excluding hydrogens is 349 g/mol. The van der Waals surface area contributed by atoms with Crippen molar-refractivity contribution in [3.05, 3.63) is 63.3 Å². The molecule has 0 radical (unpaired) electrons. The molecule has 2 N–H and O–H groups in total. The van der Waals surface area contributed by atoms with Gasteiger partial charge in [0.1, 0.15) is 11.3 Å². The summed E-state index contributed by atoms with van der Waals surface area (Å²) in [4.78, 5) is 12.4. The second kappa shape index (κ2) is 6.38. The van der Waals surface area contributed by atoms with E-state index in [-0.39, 0.29) is 33.3 Å². The van der Waals surface area contributed by atoms with Crippen LogP contribution in [0.25, 0.3) is 11.0 Å². The SMILES string of the molecule is Cc1c([C@@H](C)NC(=O)c2cc(Cl)c(O)c(Cl)c2)oc2ccccc12. The highest BCUT2D eigenvalue weighted by atomic mass is 35.5. The quantitative estimate of drug-likeness (QED) is 0.668. The molecule has 0 fully saturated rings. The van der Waals surface area contributed by atoms with Crippen LogP contribution in [0.1, 0.15) is 34.6 Å². The molecule has 0 aliphatic heterocycles. The lowest BCUT2D eigenvalue weighted by atomic mass is 10.1. The average Bonchev–Trinajstić information content (AvgIpc) is 2.89. The van der Waals surface area contributed by atoms with Crippen molar-refractivity contribution in [1.82, 2.24) is 5.32 Å². The Labute approximate surface area is 149 Å². The fourth-order valence-electron chi connectivity index (χ4n) is 2.65. The summed E-state index contributed by atoms with van der Waals surface area (Å²) in [6.07, 6.45) is 0. The Bertz CT molecular complexity index is 910. The Balaban J connectivity index is 1.87. The van der Waals surface area contributed by atoms with Gasteiger partial charge in [-0.25, -0.2) is 0 Å². The topological polar surface area (TPSA) is 62.5 Å². The number of phenolic OH excluding ortho intramolecular Hbond substituents is 1. The number of para-hydroxylation sites is 1. The van der Waals surface area contributed by atoms with E-state index in [0.29, 0.717) is 5.76 Å². The molecular formula is C18H15Cl2NO3. The molecule has 0 saturated heterocycles. The summed E-state index contributed by atoms with van der Waals surface area (Å²) >= 11 is 11.7. The number of halogens is 2. The summed E-state index contributed by atoms with van der Waals surface area (Å²) in [5.74, 6) is 0.0998. The number of carbonyl (C=O) groups is 1. The van der Waals surface area contributed by atoms with E-state index >= 15 is 0 Å². The molecule has 3 aromatic rings. The molecule has 1 heterocycles. The normalized spacial score (nSPS) is 12.3. The molecule has 4 nitrogen and oxygen atoms in total. The monoisotopic (exact) mass is 363 g/mol. The lowest BCUT2D eigenvalue weighted by Crippen LogP contribution is -2.26. The predicted molar refractivity (Wildman–Crippen MR) is 95.0 cm³/mol. The lowest BCUT2D eigenvalue weighted by molar-refractivity contribution is 0.0935. The van der Waals surface area contributed by atoms with Crippen LogP contribution in [-0.4, -0.2) is 11.0 Å². The Morgan fingerprint density at radius 2 is 1.83 bits per heavy atom. The standard InChI is InChI=1S/C18H15Cl2NO3/c1-9-12-5-3-4-6-15(12)24-17(9)10(2)21-18(23)11-7-13(19)16(22)14(20)8-11/h3-8,10,22H,1-2H3,(H,21,23)/t10-/m1/s1. The molecule has 0 saturated carbocycles. The number of amides is 1. The summed E-state index contributed by atoms with van der Waals surface area (Å²) in [6.45, 7) is 3.80. The first kappa shape index (κ1) is 16.7. The highest BCUT2D eigenvalue weighted by Crippen LogP contribution is 2.33. The highest BCUT2D eigenvalue weighted by molar-refractivity contribution is 6.37. The molecule has 0 unspecified atom stereocenters. The number of rotatable bonds is 3. The summed E-state index contributed by atoms with van der Waals surface area (Å²) in [5, 5.41) is 13.5. The van der Waals surface area contributed by atoms with Crippen molar-refractivity contribution in [3.8, 4) is 5.75 Å². The van der Waals surface area contributed by atoms with Crippen molar-refractivity contribution in [2.45, 2.75) is 19.9 Å². The van der Waals surface area contributed by atoms with Gasteiger partial charge in [0.25, 0.3) is 5.91 Å². The van der Waals surface area contributed by atoms with E-state index in [2.05, 4.69) is 5.32 Å². The van der Waals surface area contributed by atoms with Crippen molar-refractivity contribution in [2.24, 2.45) is 0 Å². The molecule has 6 heteroatoms. The van der Waals surface area contributed by atoms with E-state index in [1.165, 1.54) is 12.1 Å². The van der Waals surface area contributed by atoms with Gasteiger partial charge in [-0.2, -0.15) is 0 Å². The van der Waals surface area contributed by atoms with Crippen LogP contribution in [0, 0.1) is 6.92 Å². The maximum Gasteiger partial charge on any atom is 0.251 e. The third-order valence-corrected chi connectivity index (χ3v) is 4.48. The summed E-state index contributed by atoms with van der Waals surface area (Å²) in [6, 6.07) is 10.1. The fraction of sp³-hybridized carbons (Fsp3) is 0.167. The summed E-state index contributed by atoms with van der Waals surface area (Å²) in [5.41, 5.74) is 2.03. The van der Waals surface area contributed by atoms with Gasteiger partial charge >= 0.3 is 0 Å². The van der Waals surface area contributed by atoms with E-state index < -0.39 is 0 Å². The minimum absolute atomic E-state index is 0.0280. The van der Waals surface area contributed by atoms with Crippen LogP contribution in [0.5, 0.6) is 5.75 Å². The summed E-state index contributed by atoms with van der Waals surface area (Å²) < 4.78 is 5.86. The molecule has 0 aliphatic rings. The first-order chi connectivity index (χ1) is 11.4. The van der Waals surface area contributed by atoms with Gasteiger partial charge in [0, 0.05) is 16.5 Å². The first-order valence-electron chi connectivity index (χ1n) is 7.35. The van der Waals surface area contributed by atoms with Gasteiger partial charge in [0.05, 0.1) is 16.1 Å². The molecule has 0 spiro atoms. The largest absolute Gasteiger partial charge is 0.505 e. The molecule has 1 aromatic heterocycles. The predicted octanol–water partition coefficient (Wildman–Crippen LogP) is 5.24. The first-order valence-corrected chi connectivity index (χ1v) is 8.11. The highest BCUT2D eigenvalue weighted by Gasteiger charge is 2.20. The van der Waals surface area contributed by atoms with E-state index in [1.54, 1.807) is 0 Å². The smallest absolute Gasteiger partial charge is 0.251 e. The van der Waals surface area contributed by atoms with Gasteiger partial charge in [0.15, 0.2) is 5.75 Å². The van der Waals surface area contributed by atoms with Gasteiger partial charge in [-0.3, -0.25) is 4.79 Å². The van der Waals surface area contributed by atoms with E-state index in [0.717, 1.165) is 16.5 Å². The number of phenols is 1. The second-order valence-corrected chi connectivity index (χ2v) is 6.39. The van der Waals surface area contributed by atoms with E-state index in [4.69, 9.17) is 27.6 Å². The zero-order chi connectivity index (χ0) is 17.4. The van der Waals surface area contributed by atoms with Crippen LogP contribution in [-0.2, 0) is 0 Å². The number of hydrogen-bond donors (Lipinski definition) is 2. The van der Waals surface area contributed by atoms with Crippen molar-refractivity contribution in [3.63, 3.8) is 0 Å². The minimum Gasteiger partial charge on any atom is -0.505 e. The number of aromatic hydroxyl groups is 1. The van der Waals surface area contributed by atoms with Gasteiger partial charge in [-0.15, -0.1) is 0 Å². The van der Waals surface area contributed by atoms with Crippen LogP contribution in [0.4, 0.5) is 0 Å². The molecule has 2 aromatic carbocycles. The molecule has 1 atom stereocenters. The fourth-order valence-corrected chi connectivity index (χ4v) is 3.14. The number of hydrogen-bond acceptors (Lipinski definition) is 3. The van der Waals surface area contributed by atoms with Gasteiger partial charge < -0.3 is 14.8 Å². The van der Waals surface area contributed by atoms with Crippen molar-refractivity contribution < 1.29 is 14.3 Å². The van der Waals surface area contributed by atoms with Gasteiger partial charge in [0.2, 0.25) is 0 Å². The van der Waals surface area contributed by atoms with Crippen molar-refractivity contribution in [2.75, 3.05) is 0 Å². The Hall–Kier alpha value is -2.17. The van der Waals surface area contributed by atoms with Crippen LogP contribution in [0.3, 0.4) is 0 Å². The number of nitrogens with one attached hydrogen (secondary N) is 1. The van der Waals surface area contributed by atoms with Crippen LogP contribution < -0.4 is 5.32 Å². The molecule has 0 aliphatic carbocycles. The van der Waals surface area contributed by atoms with E-state index in [1.807, 2.05) is 38.1 Å². The molecule has 1 amide bonds. The van der Waals surface area contributed by atoms with E-state index in [9.17, 15) is 9.90 Å². The maximum atomic E-state index is 12.4. The van der Waals surface area contributed by atoms with Gasteiger partial charge in [-0.1, -0.05) is 41.4 Å². The molecule has 3 rings (SSSR count). The lowest BCUT2D eigenvalue weighted by Gasteiger charge is -2.13. The maximum absolute atomic E-state index is 12.4. The molecule has 0 bridgehead atoms.